The van der Waals surface area contributed by atoms with E-state index >= 15 is 0 Å². The van der Waals surface area contributed by atoms with Crippen molar-refractivity contribution in [3.05, 3.63) is 63.0 Å². The van der Waals surface area contributed by atoms with E-state index in [4.69, 9.17) is 23.2 Å². The lowest BCUT2D eigenvalue weighted by atomic mass is 10.2. The Kier molecular flexibility index (Phi) is 4.83. The molecule has 0 aliphatic rings. The minimum absolute atomic E-state index is 0.236. The van der Waals surface area contributed by atoms with Crippen LogP contribution in [0.1, 0.15) is 27.3 Å². The lowest BCUT2D eigenvalue weighted by Crippen LogP contribution is -2.14. The molecule has 0 saturated carbocycles. The van der Waals surface area contributed by atoms with Gasteiger partial charge in [0.1, 0.15) is 0 Å². The van der Waals surface area contributed by atoms with Crippen LogP contribution in [0.15, 0.2) is 30.5 Å². The first-order chi connectivity index (χ1) is 11.8. The molecule has 1 amide bonds. The zero-order valence-corrected chi connectivity index (χ0v) is 15.6. The topological polar surface area (TPSA) is 64.7 Å². The van der Waals surface area contributed by atoms with Crippen LogP contribution in [-0.2, 0) is 13.6 Å². The maximum atomic E-state index is 12.4. The van der Waals surface area contributed by atoms with Crippen molar-refractivity contribution < 1.29 is 4.79 Å². The molecule has 25 heavy (non-hydrogen) atoms. The summed E-state index contributed by atoms with van der Waals surface area (Å²) < 4.78 is 3.43. The van der Waals surface area contributed by atoms with Crippen LogP contribution in [0.5, 0.6) is 0 Å². The highest BCUT2D eigenvalue weighted by Gasteiger charge is 2.15. The van der Waals surface area contributed by atoms with Gasteiger partial charge in [0, 0.05) is 34.5 Å². The summed E-state index contributed by atoms with van der Waals surface area (Å²) in [6.07, 6.45) is 1.54. The average molecular weight is 378 g/mol. The van der Waals surface area contributed by atoms with Crippen molar-refractivity contribution in [1.82, 2.24) is 19.6 Å². The van der Waals surface area contributed by atoms with E-state index in [0.717, 1.165) is 17.0 Å². The number of nitrogens with one attached hydrogen (secondary N) is 1. The van der Waals surface area contributed by atoms with E-state index in [-0.39, 0.29) is 5.91 Å². The van der Waals surface area contributed by atoms with E-state index in [2.05, 4.69) is 15.5 Å². The second-order valence-electron chi connectivity index (χ2n) is 5.79. The van der Waals surface area contributed by atoms with Gasteiger partial charge in [0.05, 0.1) is 18.3 Å². The van der Waals surface area contributed by atoms with Crippen molar-refractivity contribution >= 4 is 34.9 Å². The Labute approximate surface area is 155 Å². The van der Waals surface area contributed by atoms with Crippen LogP contribution in [0.4, 0.5) is 5.82 Å². The first-order valence-corrected chi connectivity index (χ1v) is 8.39. The van der Waals surface area contributed by atoms with Crippen LogP contribution in [0.25, 0.3) is 0 Å². The third kappa shape index (κ3) is 3.70. The zero-order valence-electron chi connectivity index (χ0n) is 14.0. The molecule has 0 atom stereocenters. The number of carbonyl (C=O) groups excluding carboxylic acids is 1. The minimum Gasteiger partial charge on any atom is -0.305 e. The van der Waals surface area contributed by atoms with Gasteiger partial charge in [-0.1, -0.05) is 29.3 Å². The van der Waals surface area contributed by atoms with Gasteiger partial charge in [0.2, 0.25) is 0 Å². The third-order valence-corrected chi connectivity index (χ3v) is 4.62. The van der Waals surface area contributed by atoms with E-state index in [0.29, 0.717) is 28.0 Å². The Morgan fingerprint density at radius 1 is 1.24 bits per heavy atom. The maximum absolute atomic E-state index is 12.4. The first-order valence-electron chi connectivity index (χ1n) is 7.63. The predicted molar refractivity (Wildman–Crippen MR) is 98.4 cm³/mol. The summed E-state index contributed by atoms with van der Waals surface area (Å²) in [4.78, 5) is 12.4. The van der Waals surface area contributed by atoms with Crippen LogP contribution < -0.4 is 5.32 Å². The smallest absolute Gasteiger partial charge is 0.260 e. The second kappa shape index (κ2) is 6.90. The quantitative estimate of drug-likeness (QED) is 0.750. The standard InChI is InChI=1S/C17H17Cl2N5O/c1-10-6-16(21-17(25)14-8-20-23(3)11(14)2)22-24(10)9-12-4-5-13(18)7-15(12)19/h4-8H,9H2,1-3H3,(H,21,22,25). The largest absolute Gasteiger partial charge is 0.305 e. The van der Waals surface area contributed by atoms with Gasteiger partial charge in [-0.2, -0.15) is 10.2 Å². The number of hydrogen-bond donors (Lipinski definition) is 1. The van der Waals surface area contributed by atoms with E-state index in [1.54, 1.807) is 34.7 Å². The van der Waals surface area contributed by atoms with Gasteiger partial charge in [-0.05, 0) is 31.5 Å². The van der Waals surface area contributed by atoms with Crippen LogP contribution in [-0.4, -0.2) is 25.5 Å². The Hall–Kier alpha value is -2.31. The van der Waals surface area contributed by atoms with Crippen LogP contribution in [0.3, 0.4) is 0 Å². The molecular formula is C17H17Cl2N5O. The van der Waals surface area contributed by atoms with Gasteiger partial charge in [0.15, 0.2) is 5.82 Å². The van der Waals surface area contributed by atoms with Crippen molar-refractivity contribution in [3.63, 3.8) is 0 Å². The summed E-state index contributed by atoms with van der Waals surface area (Å²) in [6, 6.07) is 7.16. The summed E-state index contributed by atoms with van der Waals surface area (Å²) in [7, 11) is 1.79. The number of anilines is 1. The van der Waals surface area contributed by atoms with E-state index < -0.39 is 0 Å². The summed E-state index contributed by atoms with van der Waals surface area (Å²) in [5.41, 5.74) is 3.12. The molecule has 1 aromatic carbocycles. The highest BCUT2D eigenvalue weighted by Crippen LogP contribution is 2.22. The summed E-state index contributed by atoms with van der Waals surface area (Å²) in [6.45, 7) is 4.25. The van der Waals surface area contributed by atoms with Crippen LogP contribution in [0, 0.1) is 13.8 Å². The van der Waals surface area contributed by atoms with Crippen LogP contribution >= 0.6 is 23.2 Å². The molecule has 0 fully saturated rings. The minimum atomic E-state index is -0.236. The van der Waals surface area contributed by atoms with E-state index in [1.165, 1.54) is 0 Å². The summed E-state index contributed by atoms with van der Waals surface area (Å²) >= 11 is 12.1. The second-order valence-corrected chi connectivity index (χ2v) is 6.63. The Balaban J connectivity index is 1.78. The Bertz CT molecular complexity index is 945. The fraction of sp³-hybridized carbons (Fsp3) is 0.235. The van der Waals surface area contributed by atoms with Gasteiger partial charge in [0.25, 0.3) is 5.91 Å². The molecule has 3 aromatic rings. The number of nitrogens with zero attached hydrogens (tertiary/aromatic N) is 4. The average Bonchev–Trinajstić information content (AvgIpc) is 3.05. The zero-order chi connectivity index (χ0) is 18.1. The molecule has 6 nitrogen and oxygen atoms in total. The molecule has 0 saturated heterocycles. The van der Waals surface area contributed by atoms with Crippen molar-refractivity contribution in [2.24, 2.45) is 7.05 Å². The highest BCUT2D eigenvalue weighted by molar-refractivity contribution is 6.35. The number of aromatic nitrogens is 4. The normalized spacial score (nSPS) is 10.9. The SMILES string of the molecule is Cc1c(C(=O)Nc2cc(C)n(Cc3ccc(Cl)cc3Cl)n2)cnn1C. The monoisotopic (exact) mass is 377 g/mol. The molecule has 0 unspecified atom stereocenters. The van der Waals surface area contributed by atoms with Gasteiger partial charge < -0.3 is 5.32 Å². The molecular weight excluding hydrogens is 361 g/mol. The molecule has 8 heteroatoms. The van der Waals surface area contributed by atoms with Gasteiger partial charge >= 0.3 is 0 Å². The van der Waals surface area contributed by atoms with Crippen LogP contribution in [0.2, 0.25) is 10.0 Å². The number of carbonyl (C=O) groups is 1. The van der Waals surface area contributed by atoms with Gasteiger partial charge in [-0.3, -0.25) is 14.2 Å². The molecule has 0 bridgehead atoms. The molecule has 1 N–H and O–H groups in total. The number of amides is 1. The molecule has 2 heterocycles. The Morgan fingerprint density at radius 3 is 2.64 bits per heavy atom. The number of hydrogen-bond acceptors (Lipinski definition) is 3. The predicted octanol–water partition coefficient (Wildman–Crippen LogP) is 3.84. The molecule has 0 spiro atoms. The fourth-order valence-electron chi connectivity index (χ4n) is 2.45. The van der Waals surface area contributed by atoms with Crippen molar-refractivity contribution in [3.8, 4) is 0 Å². The lowest BCUT2D eigenvalue weighted by molar-refractivity contribution is 0.102. The van der Waals surface area contributed by atoms with Gasteiger partial charge in [-0.25, -0.2) is 0 Å². The number of benzene rings is 1. The molecule has 130 valence electrons. The molecule has 0 radical (unpaired) electrons. The number of rotatable bonds is 4. The maximum Gasteiger partial charge on any atom is 0.260 e. The van der Waals surface area contributed by atoms with E-state index in [1.807, 2.05) is 26.0 Å². The summed E-state index contributed by atoms with van der Waals surface area (Å²) in [5.74, 6) is 0.246. The fourth-order valence-corrected chi connectivity index (χ4v) is 2.92. The Morgan fingerprint density at radius 2 is 2.00 bits per heavy atom. The molecule has 3 rings (SSSR count). The lowest BCUT2D eigenvalue weighted by Gasteiger charge is -2.07. The van der Waals surface area contributed by atoms with Crippen molar-refractivity contribution in [2.45, 2.75) is 20.4 Å². The third-order valence-electron chi connectivity index (χ3n) is 4.04. The molecule has 2 aromatic heterocycles. The van der Waals surface area contributed by atoms with Crippen molar-refractivity contribution in [2.75, 3.05) is 5.32 Å². The first kappa shape index (κ1) is 17.5. The van der Waals surface area contributed by atoms with Gasteiger partial charge in [-0.15, -0.1) is 0 Å². The number of halogens is 2. The van der Waals surface area contributed by atoms with Crippen molar-refractivity contribution in [1.29, 1.82) is 0 Å². The highest BCUT2D eigenvalue weighted by atomic mass is 35.5. The summed E-state index contributed by atoms with van der Waals surface area (Å²) in [5, 5.41) is 12.5. The van der Waals surface area contributed by atoms with E-state index in [9.17, 15) is 4.79 Å². The molecule has 0 aliphatic carbocycles. The number of aryl methyl sites for hydroxylation is 2. The molecule has 0 aliphatic heterocycles.